The lowest BCUT2D eigenvalue weighted by atomic mass is 9.78. The Kier molecular flexibility index (Phi) is 3.33. The molecule has 0 saturated carbocycles. The maximum absolute atomic E-state index is 4.34. The first-order valence-electron chi connectivity index (χ1n) is 6.83. The fourth-order valence-corrected chi connectivity index (χ4v) is 2.80. The van der Waals surface area contributed by atoms with Crippen LogP contribution < -0.4 is 5.32 Å². The van der Waals surface area contributed by atoms with Crippen molar-refractivity contribution in [2.45, 2.75) is 38.3 Å². The number of imidazole rings is 1. The molecule has 3 rings (SSSR count). The zero-order valence-corrected chi connectivity index (χ0v) is 11.3. The van der Waals surface area contributed by atoms with Gasteiger partial charge in [-0.05, 0) is 25.9 Å². The van der Waals surface area contributed by atoms with Crippen LogP contribution in [0.25, 0.3) is 0 Å². The summed E-state index contributed by atoms with van der Waals surface area (Å²) in [6.07, 6.45) is 9.89. The molecule has 0 aromatic carbocycles. The number of hydrogen-bond acceptors (Lipinski definition) is 4. The molecule has 1 N–H and O–H groups in total. The molecule has 19 heavy (non-hydrogen) atoms. The Morgan fingerprint density at radius 3 is 2.89 bits per heavy atom. The van der Waals surface area contributed by atoms with E-state index in [9.17, 15) is 0 Å². The van der Waals surface area contributed by atoms with Gasteiger partial charge in [-0.1, -0.05) is 12.1 Å². The molecule has 2 aromatic rings. The van der Waals surface area contributed by atoms with Crippen molar-refractivity contribution >= 4 is 0 Å². The van der Waals surface area contributed by atoms with Crippen LogP contribution in [0.4, 0.5) is 0 Å². The van der Waals surface area contributed by atoms with E-state index in [2.05, 4.69) is 32.1 Å². The summed E-state index contributed by atoms with van der Waals surface area (Å²) in [6.45, 7) is 6.24. The monoisotopic (exact) mass is 260 g/mol. The summed E-state index contributed by atoms with van der Waals surface area (Å²) < 4.78 is 4.11. The van der Waals surface area contributed by atoms with Crippen molar-refractivity contribution in [3.8, 4) is 0 Å². The predicted molar refractivity (Wildman–Crippen MR) is 71.7 cm³/mol. The number of hydrogen-bond donors (Lipinski definition) is 1. The van der Waals surface area contributed by atoms with Gasteiger partial charge in [-0.25, -0.2) is 4.98 Å². The van der Waals surface area contributed by atoms with Gasteiger partial charge in [0.2, 0.25) is 0 Å². The van der Waals surface area contributed by atoms with E-state index in [-0.39, 0.29) is 5.41 Å². The average molecular weight is 260 g/mol. The van der Waals surface area contributed by atoms with Crippen LogP contribution in [0.1, 0.15) is 25.5 Å². The standard InChI is InChI=1S/C13H20N6/c1-13(2-4-14-5-3-13)12-10-15-11-18(12)8-9-19-7-6-16-17-19/h6-7,10-11,14H,2-5,8-9H2,1H3. The highest BCUT2D eigenvalue weighted by atomic mass is 15.4. The zero-order valence-electron chi connectivity index (χ0n) is 11.3. The molecule has 6 nitrogen and oxygen atoms in total. The van der Waals surface area contributed by atoms with Gasteiger partial charge in [-0.3, -0.25) is 4.68 Å². The smallest absolute Gasteiger partial charge is 0.0948 e. The molecule has 102 valence electrons. The molecule has 1 fully saturated rings. The average Bonchev–Trinajstić information content (AvgIpc) is 3.09. The minimum Gasteiger partial charge on any atom is -0.332 e. The van der Waals surface area contributed by atoms with Crippen molar-refractivity contribution in [2.75, 3.05) is 13.1 Å². The zero-order chi connectivity index (χ0) is 13.1. The van der Waals surface area contributed by atoms with E-state index in [1.54, 1.807) is 6.20 Å². The third kappa shape index (κ3) is 2.53. The molecule has 0 amide bonds. The molecule has 3 heterocycles. The van der Waals surface area contributed by atoms with E-state index in [0.717, 1.165) is 26.2 Å². The van der Waals surface area contributed by atoms with Gasteiger partial charge in [0.1, 0.15) is 0 Å². The second-order valence-electron chi connectivity index (χ2n) is 5.45. The molecule has 0 atom stereocenters. The van der Waals surface area contributed by atoms with Crippen LogP contribution in [-0.4, -0.2) is 37.6 Å². The van der Waals surface area contributed by atoms with Crippen molar-refractivity contribution < 1.29 is 0 Å². The Morgan fingerprint density at radius 2 is 2.16 bits per heavy atom. The van der Waals surface area contributed by atoms with E-state index >= 15 is 0 Å². The summed E-state index contributed by atoms with van der Waals surface area (Å²) >= 11 is 0. The summed E-state index contributed by atoms with van der Waals surface area (Å²) in [4.78, 5) is 4.34. The van der Waals surface area contributed by atoms with Crippen LogP contribution in [0.5, 0.6) is 0 Å². The SMILES string of the molecule is CC1(c2cncn2CCn2ccnn2)CCNCC1. The lowest BCUT2D eigenvalue weighted by Crippen LogP contribution is -2.39. The van der Waals surface area contributed by atoms with Crippen LogP contribution in [0.2, 0.25) is 0 Å². The van der Waals surface area contributed by atoms with Crippen molar-refractivity contribution in [1.82, 2.24) is 29.9 Å². The predicted octanol–water partition coefficient (Wildman–Crippen LogP) is 0.816. The largest absolute Gasteiger partial charge is 0.332 e. The second kappa shape index (κ2) is 5.13. The maximum atomic E-state index is 4.34. The Labute approximate surface area is 112 Å². The molecule has 0 spiro atoms. The quantitative estimate of drug-likeness (QED) is 0.884. The van der Waals surface area contributed by atoms with E-state index in [4.69, 9.17) is 0 Å². The van der Waals surface area contributed by atoms with E-state index < -0.39 is 0 Å². The third-order valence-electron chi connectivity index (χ3n) is 4.08. The molecule has 0 radical (unpaired) electrons. The highest BCUT2D eigenvalue weighted by Gasteiger charge is 2.31. The topological polar surface area (TPSA) is 60.6 Å². The molecular weight excluding hydrogens is 240 g/mol. The summed E-state index contributed by atoms with van der Waals surface area (Å²) in [5.74, 6) is 0. The van der Waals surface area contributed by atoms with Gasteiger partial charge < -0.3 is 9.88 Å². The Morgan fingerprint density at radius 1 is 1.32 bits per heavy atom. The summed E-state index contributed by atoms with van der Waals surface area (Å²) in [5.41, 5.74) is 1.58. The first kappa shape index (κ1) is 12.3. The molecule has 1 aliphatic rings. The number of aromatic nitrogens is 5. The number of piperidine rings is 1. The van der Waals surface area contributed by atoms with Crippen LogP contribution in [0, 0.1) is 0 Å². The fraction of sp³-hybridized carbons (Fsp3) is 0.615. The first-order valence-corrected chi connectivity index (χ1v) is 6.83. The van der Waals surface area contributed by atoms with E-state index in [1.807, 2.05) is 23.4 Å². The molecule has 0 bridgehead atoms. The molecule has 6 heteroatoms. The maximum Gasteiger partial charge on any atom is 0.0948 e. The highest BCUT2D eigenvalue weighted by Crippen LogP contribution is 2.32. The summed E-state index contributed by atoms with van der Waals surface area (Å²) in [5, 5.41) is 11.2. The molecule has 2 aromatic heterocycles. The van der Waals surface area contributed by atoms with E-state index in [0.29, 0.717) is 0 Å². The van der Waals surface area contributed by atoms with Gasteiger partial charge in [-0.15, -0.1) is 5.10 Å². The van der Waals surface area contributed by atoms with Gasteiger partial charge >= 0.3 is 0 Å². The van der Waals surface area contributed by atoms with Gasteiger partial charge in [0.25, 0.3) is 0 Å². The van der Waals surface area contributed by atoms with Crippen LogP contribution in [0.15, 0.2) is 24.9 Å². The van der Waals surface area contributed by atoms with Crippen LogP contribution in [-0.2, 0) is 18.5 Å². The Balaban J connectivity index is 1.74. The van der Waals surface area contributed by atoms with Crippen molar-refractivity contribution in [2.24, 2.45) is 0 Å². The number of rotatable bonds is 4. The molecule has 1 aliphatic heterocycles. The first-order chi connectivity index (χ1) is 9.28. The third-order valence-corrected chi connectivity index (χ3v) is 4.08. The van der Waals surface area contributed by atoms with Crippen molar-refractivity contribution in [3.05, 3.63) is 30.6 Å². The molecular formula is C13H20N6. The Hall–Kier alpha value is -1.69. The lowest BCUT2D eigenvalue weighted by molar-refractivity contribution is 0.314. The van der Waals surface area contributed by atoms with Crippen molar-refractivity contribution in [1.29, 1.82) is 0 Å². The summed E-state index contributed by atoms with van der Waals surface area (Å²) in [6, 6.07) is 0. The van der Waals surface area contributed by atoms with Gasteiger partial charge in [-0.2, -0.15) is 0 Å². The van der Waals surface area contributed by atoms with Gasteiger partial charge in [0, 0.05) is 30.0 Å². The fourth-order valence-electron chi connectivity index (χ4n) is 2.80. The van der Waals surface area contributed by atoms with Crippen LogP contribution in [0.3, 0.4) is 0 Å². The number of nitrogens with one attached hydrogen (secondary N) is 1. The van der Waals surface area contributed by atoms with Crippen LogP contribution >= 0.6 is 0 Å². The Bertz CT molecular complexity index is 509. The minimum absolute atomic E-state index is 0.240. The second-order valence-corrected chi connectivity index (χ2v) is 5.45. The van der Waals surface area contributed by atoms with E-state index in [1.165, 1.54) is 18.5 Å². The molecule has 0 unspecified atom stereocenters. The normalized spacial score (nSPS) is 18.6. The minimum atomic E-state index is 0.240. The highest BCUT2D eigenvalue weighted by molar-refractivity contribution is 5.15. The van der Waals surface area contributed by atoms with Gasteiger partial charge in [0.15, 0.2) is 0 Å². The van der Waals surface area contributed by atoms with Crippen molar-refractivity contribution in [3.63, 3.8) is 0 Å². The lowest BCUT2D eigenvalue weighted by Gasteiger charge is -2.34. The number of nitrogens with zero attached hydrogens (tertiary/aromatic N) is 5. The molecule has 0 aliphatic carbocycles. The molecule has 1 saturated heterocycles. The summed E-state index contributed by atoms with van der Waals surface area (Å²) in [7, 11) is 0. The van der Waals surface area contributed by atoms with Gasteiger partial charge in [0.05, 0.1) is 19.1 Å². The number of aryl methyl sites for hydroxylation is 2.